The third kappa shape index (κ3) is 5.70. The van der Waals surface area contributed by atoms with Crippen molar-refractivity contribution in [3.05, 3.63) is 53.5 Å². The highest BCUT2D eigenvalue weighted by Gasteiger charge is 2.01. The number of methoxy groups -OCH3 is 1. The van der Waals surface area contributed by atoms with Crippen molar-refractivity contribution in [2.75, 3.05) is 20.2 Å². The number of nitrogens with one attached hydrogen (secondary N) is 2. The first kappa shape index (κ1) is 16.9. The standard InChI is InChI=1S/C18H25N3O2/c1-4-19-18(20-8-7-16-6-5-9-23-16)21-13-15-10-14(2)11-17(12-15)22-3/h5-6,9-12H,4,7-8,13H2,1-3H3,(H2,19,20,21). The summed E-state index contributed by atoms with van der Waals surface area (Å²) in [4.78, 5) is 4.63. The summed E-state index contributed by atoms with van der Waals surface area (Å²) in [6, 6.07) is 10.0. The molecule has 23 heavy (non-hydrogen) atoms. The Morgan fingerprint density at radius 1 is 1.26 bits per heavy atom. The number of aliphatic imine (C=N–C) groups is 1. The summed E-state index contributed by atoms with van der Waals surface area (Å²) in [5.41, 5.74) is 2.30. The third-order valence-electron chi connectivity index (χ3n) is 3.35. The molecule has 124 valence electrons. The van der Waals surface area contributed by atoms with Gasteiger partial charge in [0.25, 0.3) is 0 Å². The Balaban J connectivity index is 1.93. The van der Waals surface area contributed by atoms with Gasteiger partial charge >= 0.3 is 0 Å². The van der Waals surface area contributed by atoms with E-state index in [4.69, 9.17) is 9.15 Å². The highest BCUT2D eigenvalue weighted by Crippen LogP contribution is 2.16. The topological polar surface area (TPSA) is 58.8 Å². The summed E-state index contributed by atoms with van der Waals surface area (Å²) in [5, 5.41) is 6.57. The van der Waals surface area contributed by atoms with Crippen LogP contribution in [0.5, 0.6) is 5.75 Å². The minimum atomic E-state index is 0.605. The zero-order valence-corrected chi connectivity index (χ0v) is 14.1. The molecule has 0 atom stereocenters. The molecule has 0 saturated carbocycles. The summed E-state index contributed by atoms with van der Waals surface area (Å²) in [6.45, 7) is 6.32. The quantitative estimate of drug-likeness (QED) is 0.609. The van der Waals surface area contributed by atoms with Gasteiger partial charge in [0.05, 0.1) is 19.9 Å². The highest BCUT2D eigenvalue weighted by atomic mass is 16.5. The average molecular weight is 315 g/mol. The van der Waals surface area contributed by atoms with Crippen LogP contribution in [-0.4, -0.2) is 26.2 Å². The number of hydrogen-bond donors (Lipinski definition) is 2. The van der Waals surface area contributed by atoms with Gasteiger partial charge in [0, 0.05) is 19.5 Å². The van der Waals surface area contributed by atoms with Crippen molar-refractivity contribution in [1.29, 1.82) is 0 Å². The second kappa shape index (κ2) is 8.88. The van der Waals surface area contributed by atoms with Gasteiger partial charge in [0.15, 0.2) is 5.96 Å². The summed E-state index contributed by atoms with van der Waals surface area (Å²) < 4.78 is 10.6. The normalized spacial score (nSPS) is 11.3. The van der Waals surface area contributed by atoms with Crippen molar-refractivity contribution < 1.29 is 9.15 Å². The Labute approximate surface area is 137 Å². The summed E-state index contributed by atoms with van der Waals surface area (Å²) >= 11 is 0. The molecule has 0 bridgehead atoms. The van der Waals surface area contributed by atoms with E-state index in [-0.39, 0.29) is 0 Å². The predicted octanol–water partition coefficient (Wildman–Crippen LogP) is 2.89. The smallest absolute Gasteiger partial charge is 0.191 e. The Morgan fingerprint density at radius 2 is 2.13 bits per heavy atom. The van der Waals surface area contributed by atoms with Gasteiger partial charge in [-0.2, -0.15) is 0 Å². The fourth-order valence-corrected chi connectivity index (χ4v) is 2.30. The van der Waals surface area contributed by atoms with E-state index in [2.05, 4.69) is 35.5 Å². The lowest BCUT2D eigenvalue weighted by molar-refractivity contribution is 0.414. The number of ether oxygens (including phenoxy) is 1. The van der Waals surface area contributed by atoms with Crippen molar-refractivity contribution in [1.82, 2.24) is 10.6 Å². The van der Waals surface area contributed by atoms with Gasteiger partial charge in [-0.25, -0.2) is 4.99 Å². The number of furan rings is 1. The molecule has 0 saturated heterocycles. The van der Waals surface area contributed by atoms with E-state index in [1.165, 1.54) is 5.56 Å². The second-order valence-corrected chi connectivity index (χ2v) is 5.31. The molecule has 5 nitrogen and oxygen atoms in total. The highest BCUT2D eigenvalue weighted by molar-refractivity contribution is 5.79. The molecule has 2 aromatic rings. The molecule has 1 aromatic carbocycles. The zero-order chi connectivity index (χ0) is 16.5. The SMILES string of the molecule is CCNC(=NCc1cc(C)cc(OC)c1)NCCc1ccco1. The fraction of sp³-hybridized carbons (Fsp3) is 0.389. The fourth-order valence-electron chi connectivity index (χ4n) is 2.30. The van der Waals surface area contributed by atoms with E-state index in [0.29, 0.717) is 6.54 Å². The Hall–Kier alpha value is -2.43. The summed E-state index contributed by atoms with van der Waals surface area (Å²) in [6.07, 6.45) is 2.52. The van der Waals surface area contributed by atoms with Gasteiger partial charge in [0.1, 0.15) is 11.5 Å². The van der Waals surface area contributed by atoms with E-state index >= 15 is 0 Å². The lowest BCUT2D eigenvalue weighted by Crippen LogP contribution is -2.38. The molecular weight excluding hydrogens is 290 g/mol. The number of nitrogens with zero attached hydrogens (tertiary/aromatic N) is 1. The first-order valence-corrected chi connectivity index (χ1v) is 7.90. The van der Waals surface area contributed by atoms with Crippen LogP contribution in [0.15, 0.2) is 46.0 Å². The molecule has 2 N–H and O–H groups in total. The van der Waals surface area contributed by atoms with Crippen molar-refractivity contribution >= 4 is 5.96 Å². The minimum absolute atomic E-state index is 0.605. The van der Waals surface area contributed by atoms with Crippen LogP contribution in [0.2, 0.25) is 0 Å². The summed E-state index contributed by atoms with van der Waals surface area (Å²) in [5.74, 6) is 2.64. The molecule has 0 spiro atoms. The van der Waals surface area contributed by atoms with E-state index in [1.807, 2.05) is 24.3 Å². The molecule has 0 unspecified atom stereocenters. The molecule has 5 heteroatoms. The number of rotatable bonds is 7. The van der Waals surface area contributed by atoms with Gasteiger partial charge in [0.2, 0.25) is 0 Å². The molecule has 0 aliphatic rings. The van der Waals surface area contributed by atoms with Crippen LogP contribution >= 0.6 is 0 Å². The van der Waals surface area contributed by atoms with Gasteiger partial charge in [-0.1, -0.05) is 6.07 Å². The van der Waals surface area contributed by atoms with Crippen molar-refractivity contribution in [3.63, 3.8) is 0 Å². The van der Waals surface area contributed by atoms with Gasteiger partial charge in [-0.05, 0) is 49.2 Å². The van der Waals surface area contributed by atoms with Crippen LogP contribution in [0.1, 0.15) is 23.8 Å². The molecule has 0 fully saturated rings. The Kier molecular flexibility index (Phi) is 6.54. The third-order valence-corrected chi connectivity index (χ3v) is 3.35. The molecule has 1 heterocycles. The van der Waals surface area contributed by atoms with Gasteiger partial charge < -0.3 is 19.8 Å². The van der Waals surface area contributed by atoms with Crippen LogP contribution in [0, 0.1) is 6.92 Å². The van der Waals surface area contributed by atoms with Crippen LogP contribution in [-0.2, 0) is 13.0 Å². The first-order valence-electron chi connectivity index (χ1n) is 7.90. The van der Waals surface area contributed by atoms with E-state index in [9.17, 15) is 0 Å². The Bertz CT molecular complexity index is 621. The maximum atomic E-state index is 5.33. The number of benzene rings is 1. The maximum Gasteiger partial charge on any atom is 0.191 e. The number of aryl methyl sites for hydroxylation is 1. The van der Waals surface area contributed by atoms with Crippen LogP contribution in [0.4, 0.5) is 0 Å². The molecule has 0 radical (unpaired) electrons. The largest absolute Gasteiger partial charge is 0.497 e. The van der Waals surface area contributed by atoms with Crippen molar-refractivity contribution in [2.24, 2.45) is 4.99 Å². The monoisotopic (exact) mass is 315 g/mol. The molecular formula is C18H25N3O2. The zero-order valence-electron chi connectivity index (χ0n) is 14.1. The first-order chi connectivity index (χ1) is 11.2. The lowest BCUT2D eigenvalue weighted by atomic mass is 10.1. The minimum Gasteiger partial charge on any atom is -0.497 e. The van der Waals surface area contributed by atoms with E-state index in [1.54, 1.807) is 13.4 Å². The Morgan fingerprint density at radius 3 is 2.83 bits per heavy atom. The average Bonchev–Trinajstić information content (AvgIpc) is 3.05. The number of hydrogen-bond acceptors (Lipinski definition) is 3. The van der Waals surface area contributed by atoms with Crippen LogP contribution in [0.3, 0.4) is 0 Å². The molecule has 2 rings (SSSR count). The van der Waals surface area contributed by atoms with E-state index < -0.39 is 0 Å². The molecule has 0 aliphatic heterocycles. The van der Waals surface area contributed by atoms with Crippen LogP contribution < -0.4 is 15.4 Å². The van der Waals surface area contributed by atoms with E-state index in [0.717, 1.165) is 42.5 Å². The van der Waals surface area contributed by atoms with Crippen molar-refractivity contribution in [3.8, 4) is 5.75 Å². The number of guanidine groups is 1. The summed E-state index contributed by atoms with van der Waals surface area (Å²) in [7, 11) is 1.68. The second-order valence-electron chi connectivity index (χ2n) is 5.31. The molecule has 0 amide bonds. The lowest BCUT2D eigenvalue weighted by Gasteiger charge is -2.11. The molecule has 0 aliphatic carbocycles. The maximum absolute atomic E-state index is 5.33. The van der Waals surface area contributed by atoms with Gasteiger partial charge in [-0.15, -0.1) is 0 Å². The van der Waals surface area contributed by atoms with Gasteiger partial charge in [-0.3, -0.25) is 0 Å². The predicted molar refractivity (Wildman–Crippen MR) is 93.0 cm³/mol. The molecule has 1 aromatic heterocycles. The van der Waals surface area contributed by atoms with Crippen molar-refractivity contribution in [2.45, 2.75) is 26.8 Å². The van der Waals surface area contributed by atoms with Crippen LogP contribution in [0.25, 0.3) is 0 Å².